The zero-order valence-corrected chi connectivity index (χ0v) is 45.5. The van der Waals surface area contributed by atoms with Crippen LogP contribution in [0.5, 0.6) is 0 Å². The van der Waals surface area contributed by atoms with Gasteiger partial charge in [-0.15, -0.1) is 83.4 Å². The van der Waals surface area contributed by atoms with Gasteiger partial charge in [0, 0.05) is 23.2 Å². The molecule has 80 heavy (non-hydrogen) atoms. The molecule has 0 aliphatic carbocycles. The van der Waals surface area contributed by atoms with Gasteiger partial charge in [-0.25, -0.2) is 0 Å². The molecule has 0 saturated heterocycles. The monoisotopic (exact) mass is 1200 g/mol. The first-order valence-corrected chi connectivity index (χ1v) is 26.5. The standard InChI is InChI=1S/C75H46N3O.Ir/c1-2-16-50(17-3-1)51-28-30-54(31-29-51)69-47-57(73-48-70-68-24-10-11-27-74(68)79-75(70)49-78-73)40-41-67(69)66-23-9-8-22-65(66)60-45-58(63-20-6-4-18-61(63)52-32-36-55(37-33-52)71-25-12-14-42-76-71)44-59(46-60)64-21-7-5-19-62(64)53-34-38-56(39-35-53)72-26-13-15-43-77-72;/h1-36,38,41-49H;/q-3;+3. The van der Waals surface area contributed by atoms with E-state index in [2.05, 4.69) is 234 Å². The fourth-order valence-corrected chi connectivity index (χ4v) is 10.9. The van der Waals surface area contributed by atoms with Crippen LogP contribution in [0.25, 0.3) is 145 Å². The van der Waals surface area contributed by atoms with Crippen molar-refractivity contribution in [3.8, 4) is 123 Å². The molecule has 0 bridgehead atoms. The number of fused-ring (bicyclic) bond motifs is 3. The van der Waals surface area contributed by atoms with E-state index < -0.39 is 0 Å². The van der Waals surface area contributed by atoms with Crippen molar-refractivity contribution >= 4 is 21.9 Å². The third-order valence-corrected chi connectivity index (χ3v) is 14.9. The number of benzene rings is 10. The fraction of sp³-hybridized carbons (Fsp3) is 0. The van der Waals surface area contributed by atoms with Crippen LogP contribution in [0.2, 0.25) is 0 Å². The zero-order chi connectivity index (χ0) is 52.5. The Kier molecular flexibility index (Phi) is 13.6. The molecule has 4 nitrogen and oxygen atoms in total. The third-order valence-electron chi connectivity index (χ3n) is 14.9. The largest absolute Gasteiger partial charge is 3.00 e. The molecule has 0 unspecified atom stereocenters. The van der Waals surface area contributed by atoms with Gasteiger partial charge in [0.05, 0.1) is 6.20 Å². The minimum absolute atomic E-state index is 0. The van der Waals surface area contributed by atoms with Crippen LogP contribution in [0.4, 0.5) is 0 Å². The second kappa shape index (κ2) is 21.9. The average molecular weight is 1200 g/mol. The van der Waals surface area contributed by atoms with Gasteiger partial charge in [0.15, 0.2) is 5.58 Å². The van der Waals surface area contributed by atoms with Crippen LogP contribution < -0.4 is 0 Å². The van der Waals surface area contributed by atoms with Gasteiger partial charge in [0.25, 0.3) is 0 Å². The summed E-state index contributed by atoms with van der Waals surface area (Å²) in [7, 11) is 0. The van der Waals surface area contributed by atoms with Gasteiger partial charge in [-0.1, -0.05) is 215 Å². The molecule has 0 spiro atoms. The summed E-state index contributed by atoms with van der Waals surface area (Å²) in [6, 6.07) is 103. The average Bonchev–Trinajstić information content (AvgIpc) is 4.09. The Hall–Kier alpha value is -9.90. The summed E-state index contributed by atoms with van der Waals surface area (Å²) >= 11 is 0. The van der Waals surface area contributed by atoms with Crippen molar-refractivity contribution in [2.75, 3.05) is 0 Å². The molecule has 0 aliphatic rings. The summed E-state index contributed by atoms with van der Waals surface area (Å²) in [4.78, 5) is 14.2. The molecular weight excluding hydrogens is 1150 g/mol. The van der Waals surface area contributed by atoms with Gasteiger partial charge in [0.1, 0.15) is 5.58 Å². The Morgan fingerprint density at radius 2 is 0.725 bits per heavy atom. The maximum absolute atomic E-state index is 6.21. The van der Waals surface area contributed by atoms with Crippen molar-refractivity contribution in [2.24, 2.45) is 0 Å². The topological polar surface area (TPSA) is 51.8 Å². The molecule has 0 atom stereocenters. The number of para-hydroxylation sites is 1. The molecule has 14 aromatic rings. The zero-order valence-electron chi connectivity index (χ0n) is 43.1. The Bertz CT molecular complexity index is 4360. The Morgan fingerprint density at radius 1 is 0.263 bits per heavy atom. The van der Waals surface area contributed by atoms with Crippen LogP contribution in [-0.4, -0.2) is 15.0 Å². The molecule has 0 aliphatic heterocycles. The summed E-state index contributed by atoms with van der Waals surface area (Å²) < 4.78 is 6.21. The van der Waals surface area contributed by atoms with Crippen LogP contribution in [0, 0.1) is 18.2 Å². The third kappa shape index (κ3) is 9.67. The van der Waals surface area contributed by atoms with E-state index in [1.807, 2.05) is 73.2 Å². The van der Waals surface area contributed by atoms with Crippen molar-refractivity contribution in [1.82, 2.24) is 15.0 Å². The number of nitrogens with zero attached hydrogens (tertiary/aromatic N) is 3. The molecular formula is C75H46IrN3O. The van der Waals surface area contributed by atoms with Gasteiger partial charge in [-0.2, -0.15) is 0 Å². The first kappa shape index (κ1) is 49.7. The van der Waals surface area contributed by atoms with Crippen molar-refractivity contribution in [1.29, 1.82) is 0 Å². The second-order valence-electron chi connectivity index (χ2n) is 19.6. The van der Waals surface area contributed by atoms with Gasteiger partial charge >= 0.3 is 20.1 Å². The predicted molar refractivity (Wildman–Crippen MR) is 323 cm³/mol. The normalized spacial score (nSPS) is 11.2. The molecule has 10 aromatic carbocycles. The maximum Gasteiger partial charge on any atom is 3.00 e. The summed E-state index contributed by atoms with van der Waals surface area (Å²) in [5, 5.41) is 2.08. The first-order chi connectivity index (χ1) is 39.1. The minimum atomic E-state index is 0. The van der Waals surface area contributed by atoms with E-state index in [4.69, 9.17) is 9.40 Å². The Balaban J connectivity index is 0.00000605. The quantitative estimate of drug-likeness (QED) is 0.121. The van der Waals surface area contributed by atoms with Crippen molar-refractivity contribution in [3.05, 3.63) is 298 Å². The fourth-order valence-electron chi connectivity index (χ4n) is 10.9. The SMILES string of the molecule is [Ir+3].[c-]1cc(-c2ccccc2-c2cc(-c3ccccc3-c3c[c-]c(-c4ccccn4)cc3)cc(-c3ccccc3-c3c[c-]c(-c4cc5c(cn4)oc4ccccc45)cc3-c3ccc(-c4ccccc4)cc3)c2)ccc1-c1ccccn1. The van der Waals surface area contributed by atoms with Gasteiger partial charge in [-0.3, -0.25) is 0 Å². The molecule has 4 heterocycles. The number of hydrogen-bond acceptors (Lipinski definition) is 4. The number of pyridine rings is 3. The number of furan rings is 1. The smallest absolute Gasteiger partial charge is 0.455 e. The van der Waals surface area contributed by atoms with E-state index in [0.29, 0.717) is 0 Å². The summed E-state index contributed by atoms with van der Waals surface area (Å²) in [5.41, 5.74) is 24.5. The molecule has 4 aromatic heterocycles. The van der Waals surface area contributed by atoms with Crippen molar-refractivity contribution in [3.63, 3.8) is 0 Å². The van der Waals surface area contributed by atoms with Crippen molar-refractivity contribution < 1.29 is 24.5 Å². The van der Waals surface area contributed by atoms with E-state index in [1.165, 1.54) is 5.56 Å². The van der Waals surface area contributed by atoms with Crippen LogP contribution in [0.3, 0.4) is 0 Å². The van der Waals surface area contributed by atoms with E-state index in [-0.39, 0.29) is 20.1 Å². The molecule has 0 fully saturated rings. The Morgan fingerprint density at radius 3 is 1.27 bits per heavy atom. The maximum atomic E-state index is 6.21. The number of aromatic nitrogens is 3. The molecule has 0 amide bonds. The summed E-state index contributed by atoms with van der Waals surface area (Å²) in [6.45, 7) is 0. The number of rotatable bonds is 11. The minimum Gasteiger partial charge on any atom is -0.455 e. The van der Waals surface area contributed by atoms with Crippen molar-refractivity contribution in [2.45, 2.75) is 0 Å². The molecule has 0 radical (unpaired) electrons. The summed E-state index contributed by atoms with van der Waals surface area (Å²) in [5.74, 6) is 0. The summed E-state index contributed by atoms with van der Waals surface area (Å²) in [6.07, 6.45) is 5.48. The van der Waals surface area contributed by atoms with Gasteiger partial charge in [-0.05, 0) is 104 Å². The number of hydrogen-bond donors (Lipinski definition) is 0. The molecule has 376 valence electrons. The second-order valence-corrected chi connectivity index (χ2v) is 19.6. The predicted octanol–water partition coefficient (Wildman–Crippen LogP) is 19.5. The van der Waals surface area contributed by atoms with Crippen LogP contribution in [0.1, 0.15) is 0 Å². The van der Waals surface area contributed by atoms with Crippen LogP contribution in [0.15, 0.2) is 284 Å². The molecule has 0 saturated carbocycles. The molecule has 5 heteroatoms. The first-order valence-electron chi connectivity index (χ1n) is 26.5. The van der Waals surface area contributed by atoms with Gasteiger partial charge in [0.2, 0.25) is 0 Å². The molecule has 14 rings (SSSR count). The van der Waals surface area contributed by atoms with E-state index in [1.54, 1.807) is 0 Å². The van der Waals surface area contributed by atoms with Crippen LogP contribution >= 0.6 is 0 Å². The Labute approximate surface area is 478 Å². The van der Waals surface area contributed by atoms with E-state index >= 15 is 0 Å². The van der Waals surface area contributed by atoms with Gasteiger partial charge < -0.3 is 19.4 Å². The van der Waals surface area contributed by atoms with Crippen LogP contribution in [-0.2, 0) is 20.1 Å². The van der Waals surface area contributed by atoms with E-state index in [9.17, 15) is 0 Å². The molecule has 0 N–H and O–H groups in total. The van der Waals surface area contributed by atoms with E-state index in [0.717, 1.165) is 139 Å².